The zero-order chi connectivity index (χ0) is 22.4. The van der Waals surface area contributed by atoms with Crippen molar-refractivity contribution in [3.63, 3.8) is 0 Å². The van der Waals surface area contributed by atoms with Gasteiger partial charge in [-0.25, -0.2) is 4.79 Å². The highest BCUT2D eigenvalue weighted by Gasteiger charge is 2.28. The van der Waals surface area contributed by atoms with E-state index in [4.69, 9.17) is 9.47 Å². The summed E-state index contributed by atoms with van der Waals surface area (Å²) in [6, 6.07) is 19.3. The van der Waals surface area contributed by atoms with E-state index in [1.807, 2.05) is 0 Å². The molecule has 31 heavy (non-hydrogen) atoms. The molecule has 0 aliphatic heterocycles. The van der Waals surface area contributed by atoms with E-state index in [2.05, 4.69) is 0 Å². The van der Waals surface area contributed by atoms with Crippen LogP contribution in [0.4, 0.5) is 5.69 Å². The van der Waals surface area contributed by atoms with Crippen molar-refractivity contribution in [1.29, 1.82) is 0 Å². The number of nitro groups is 1. The second-order valence-corrected chi connectivity index (χ2v) is 6.45. The smallest absolute Gasteiger partial charge is 0.343 e. The molecule has 0 aliphatic carbocycles. The Labute approximate surface area is 177 Å². The number of nitrogens with zero attached hydrogens (tertiary/aromatic N) is 1. The average molecular weight is 419 g/mol. The Kier molecular flexibility index (Phi) is 6.51. The van der Waals surface area contributed by atoms with Crippen LogP contribution in [0, 0.1) is 10.1 Å². The number of carbonyl (C=O) groups excluding carboxylic acids is 3. The molecule has 0 bridgehead atoms. The SMILES string of the molecule is CC(=O)Oc1ccccc1C(=O)OC(C(=O)c1ccccc1)c1ccc([N+](=O)[O-])cc1. The Morgan fingerprint density at radius 3 is 2.10 bits per heavy atom. The van der Waals surface area contributed by atoms with Crippen molar-refractivity contribution >= 4 is 23.4 Å². The first-order valence-corrected chi connectivity index (χ1v) is 9.19. The summed E-state index contributed by atoms with van der Waals surface area (Å²) in [6.07, 6.45) is -1.36. The van der Waals surface area contributed by atoms with E-state index in [0.29, 0.717) is 5.56 Å². The molecule has 0 fully saturated rings. The lowest BCUT2D eigenvalue weighted by molar-refractivity contribution is -0.384. The third kappa shape index (κ3) is 5.18. The summed E-state index contributed by atoms with van der Waals surface area (Å²) in [6.45, 7) is 1.20. The van der Waals surface area contributed by atoms with Crippen molar-refractivity contribution in [2.24, 2.45) is 0 Å². The Balaban J connectivity index is 1.97. The maximum Gasteiger partial charge on any atom is 0.343 e. The minimum atomic E-state index is -1.36. The molecule has 0 saturated heterocycles. The van der Waals surface area contributed by atoms with Crippen LogP contribution in [0.1, 0.15) is 39.3 Å². The lowest BCUT2D eigenvalue weighted by atomic mass is 9.99. The molecule has 3 aromatic carbocycles. The lowest BCUT2D eigenvalue weighted by Crippen LogP contribution is -2.21. The molecular formula is C23H17NO7. The molecule has 156 valence electrons. The number of para-hydroxylation sites is 1. The first-order valence-electron chi connectivity index (χ1n) is 9.19. The standard InChI is InChI=1S/C23H17NO7/c1-15(25)30-20-10-6-5-9-19(20)23(27)31-22(21(26)16-7-3-2-4-8-16)17-11-13-18(14-12-17)24(28)29/h2-14,22H,1H3. The monoisotopic (exact) mass is 419 g/mol. The third-order valence-corrected chi connectivity index (χ3v) is 4.29. The van der Waals surface area contributed by atoms with E-state index in [1.165, 1.54) is 43.3 Å². The van der Waals surface area contributed by atoms with E-state index in [9.17, 15) is 24.5 Å². The van der Waals surface area contributed by atoms with Crippen molar-refractivity contribution in [2.75, 3.05) is 0 Å². The van der Waals surface area contributed by atoms with Gasteiger partial charge in [0, 0.05) is 30.2 Å². The van der Waals surface area contributed by atoms with Gasteiger partial charge in [-0.15, -0.1) is 0 Å². The largest absolute Gasteiger partial charge is 0.445 e. The highest BCUT2D eigenvalue weighted by molar-refractivity contribution is 6.02. The molecule has 0 amide bonds. The van der Waals surface area contributed by atoms with E-state index in [1.54, 1.807) is 42.5 Å². The fourth-order valence-electron chi connectivity index (χ4n) is 2.85. The molecule has 8 nitrogen and oxygen atoms in total. The number of benzene rings is 3. The Bertz CT molecular complexity index is 1120. The number of nitro benzene ring substituents is 1. The van der Waals surface area contributed by atoms with Crippen molar-refractivity contribution in [3.8, 4) is 5.75 Å². The molecule has 0 radical (unpaired) electrons. The number of hydrogen-bond acceptors (Lipinski definition) is 7. The number of rotatable bonds is 7. The first-order chi connectivity index (χ1) is 14.9. The number of ether oxygens (including phenoxy) is 2. The van der Waals surface area contributed by atoms with E-state index < -0.39 is 28.7 Å². The Morgan fingerprint density at radius 2 is 1.48 bits per heavy atom. The van der Waals surface area contributed by atoms with Crippen LogP contribution < -0.4 is 4.74 Å². The van der Waals surface area contributed by atoms with Crippen LogP contribution in [-0.4, -0.2) is 22.6 Å². The van der Waals surface area contributed by atoms with Gasteiger partial charge in [0.2, 0.25) is 5.78 Å². The second-order valence-electron chi connectivity index (χ2n) is 6.45. The number of ketones is 1. The van der Waals surface area contributed by atoms with Crippen LogP contribution >= 0.6 is 0 Å². The van der Waals surface area contributed by atoms with Crippen LogP contribution in [-0.2, 0) is 9.53 Å². The molecular weight excluding hydrogens is 402 g/mol. The fraction of sp³-hybridized carbons (Fsp3) is 0.0870. The summed E-state index contributed by atoms with van der Waals surface area (Å²) in [5, 5.41) is 10.9. The van der Waals surface area contributed by atoms with Gasteiger partial charge in [-0.1, -0.05) is 42.5 Å². The van der Waals surface area contributed by atoms with Crippen molar-refractivity contribution < 1.29 is 28.8 Å². The minimum Gasteiger partial charge on any atom is -0.445 e. The molecule has 3 aromatic rings. The van der Waals surface area contributed by atoms with Crippen LogP contribution in [0.25, 0.3) is 0 Å². The van der Waals surface area contributed by atoms with Gasteiger partial charge in [-0.05, 0) is 24.3 Å². The molecule has 8 heteroatoms. The highest BCUT2D eigenvalue weighted by Crippen LogP contribution is 2.28. The summed E-state index contributed by atoms with van der Waals surface area (Å²) in [5.41, 5.74) is 0.358. The number of Topliss-reactive ketones (excluding diaryl/α,β-unsaturated/α-hetero) is 1. The summed E-state index contributed by atoms with van der Waals surface area (Å²) in [4.78, 5) is 47.7. The number of non-ortho nitro benzene ring substituents is 1. The molecule has 1 unspecified atom stereocenters. The van der Waals surface area contributed by atoms with E-state index in [-0.39, 0.29) is 22.6 Å². The van der Waals surface area contributed by atoms with Crippen molar-refractivity contribution in [2.45, 2.75) is 13.0 Å². The van der Waals surface area contributed by atoms with Gasteiger partial charge in [-0.3, -0.25) is 19.7 Å². The van der Waals surface area contributed by atoms with E-state index >= 15 is 0 Å². The molecule has 0 N–H and O–H groups in total. The number of carbonyl (C=O) groups is 3. The number of hydrogen-bond donors (Lipinski definition) is 0. The zero-order valence-corrected chi connectivity index (χ0v) is 16.4. The fourth-order valence-corrected chi connectivity index (χ4v) is 2.85. The number of esters is 2. The van der Waals surface area contributed by atoms with Crippen molar-refractivity contribution in [1.82, 2.24) is 0 Å². The van der Waals surface area contributed by atoms with Crippen molar-refractivity contribution in [3.05, 3.63) is 106 Å². The van der Waals surface area contributed by atoms with Gasteiger partial charge in [0.15, 0.2) is 6.10 Å². The third-order valence-electron chi connectivity index (χ3n) is 4.29. The predicted molar refractivity (Wildman–Crippen MR) is 110 cm³/mol. The van der Waals surface area contributed by atoms with Crippen LogP contribution in [0.5, 0.6) is 5.75 Å². The lowest BCUT2D eigenvalue weighted by Gasteiger charge is -2.18. The zero-order valence-electron chi connectivity index (χ0n) is 16.4. The average Bonchev–Trinajstić information content (AvgIpc) is 2.77. The molecule has 0 spiro atoms. The molecule has 0 saturated carbocycles. The second kappa shape index (κ2) is 9.45. The van der Waals surface area contributed by atoms with Gasteiger partial charge in [0.25, 0.3) is 5.69 Å². The molecule has 3 rings (SSSR count). The Morgan fingerprint density at radius 1 is 0.871 bits per heavy atom. The minimum absolute atomic E-state index is 0.00499. The first kappa shape index (κ1) is 21.4. The van der Waals surface area contributed by atoms with Gasteiger partial charge >= 0.3 is 11.9 Å². The summed E-state index contributed by atoms with van der Waals surface area (Å²) in [7, 11) is 0. The molecule has 0 aromatic heterocycles. The molecule has 0 heterocycles. The normalized spacial score (nSPS) is 11.3. The summed E-state index contributed by atoms with van der Waals surface area (Å²) >= 11 is 0. The van der Waals surface area contributed by atoms with Crippen LogP contribution in [0.2, 0.25) is 0 Å². The Hall–Kier alpha value is -4.33. The molecule has 1 atom stereocenters. The predicted octanol–water partition coefficient (Wildman–Crippen LogP) is 4.30. The quantitative estimate of drug-likeness (QED) is 0.184. The van der Waals surface area contributed by atoms with E-state index in [0.717, 1.165) is 0 Å². The van der Waals surface area contributed by atoms with Crippen LogP contribution in [0.15, 0.2) is 78.9 Å². The van der Waals surface area contributed by atoms with Gasteiger partial charge in [0.05, 0.1) is 4.92 Å². The van der Waals surface area contributed by atoms with Crippen LogP contribution in [0.3, 0.4) is 0 Å². The maximum atomic E-state index is 13.1. The van der Waals surface area contributed by atoms with Gasteiger partial charge in [0.1, 0.15) is 11.3 Å². The summed E-state index contributed by atoms with van der Waals surface area (Å²) < 4.78 is 10.6. The molecule has 0 aliphatic rings. The summed E-state index contributed by atoms with van der Waals surface area (Å²) in [5.74, 6) is -2.01. The maximum absolute atomic E-state index is 13.1. The van der Waals surface area contributed by atoms with Gasteiger partial charge < -0.3 is 9.47 Å². The topological polar surface area (TPSA) is 113 Å². The highest BCUT2D eigenvalue weighted by atomic mass is 16.6. The van der Waals surface area contributed by atoms with Gasteiger partial charge in [-0.2, -0.15) is 0 Å².